The summed E-state index contributed by atoms with van der Waals surface area (Å²) in [6.45, 7) is 7.84. The maximum atomic E-state index is 13.8. The van der Waals surface area contributed by atoms with Crippen LogP contribution in [-0.2, 0) is 16.0 Å². The van der Waals surface area contributed by atoms with E-state index in [1.165, 1.54) is 17.0 Å². The van der Waals surface area contributed by atoms with Crippen LogP contribution >= 0.6 is 0 Å². The fraction of sp³-hybridized carbons (Fsp3) is 0.652. The molecule has 0 aliphatic carbocycles. The minimum absolute atomic E-state index is 0.0120. The van der Waals surface area contributed by atoms with Crippen LogP contribution in [-0.4, -0.2) is 67.2 Å². The number of amides is 3. The number of benzene rings is 1. The van der Waals surface area contributed by atoms with Gasteiger partial charge in [0.05, 0.1) is 13.2 Å². The first kappa shape index (κ1) is 22.7. The quantitative estimate of drug-likeness (QED) is 0.625. The number of methoxy groups -OCH3 is 1. The minimum Gasteiger partial charge on any atom is -0.383 e. The molecule has 2 aliphatic rings. The number of nitrogens with zero attached hydrogens (tertiary/aromatic N) is 2. The Morgan fingerprint density at radius 1 is 1.30 bits per heavy atom. The average molecular weight is 420 g/mol. The number of urea groups is 1. The number of halogens is 1. The highest BCUT2D eigenvalue weighted by Crippen LogP contribution is 2.36. The van der Waals surface area contributed by atoms with Crippen LogP contribution in [0.5, 0.6) is 0 Å². The fourth-order valence-corrected chi connectivity index (χ4v) is 4.72. The molecule has 0 radical (unpaired) electrons. The molecule has 1 aromatic carbocycles. The van der Waals surface area contributed by atoms with Gasteiger partial charge in [-0.15, -0.1) is 0 Å². The van der Waals surface area contributed by atoms with E-state index in [0.717, 1.165) is 44.5 Å². The van der Waals surface area contributed by atoms with Crippen LogP contribution in [0.25, 0.3) is 0 Å². The minimum atomic E-state index is -1.03. The van der Waals surface area contributed by atoms with E-state index in [0.29, 0.717) is 18.9 Å². The first-order valence-corrected chi connectivity index (χ1v) is 11.0. The van der Waals surface area contributed by atoms with Crippen molar-refractivity contribution in [1.29, 1.82) is 0 Å². The molecule has 6 nitrogen and oxygen atoms in total. The second kappa shape index (κ2) is 9.88. The van der Waals surface area contributed by atoms with Crippen LogP contribution in [0.3, 0.4) is 0 Å². The molecule has 1 N–H and O–H groups in total. The van der Waals surface area contributed by atoms with Crippen LogP contribution in [0.1, 0.15) is 38.7 Å². The van der Waals surface area contributed by atoms with Crippen molar-refractivity contribution in [3.8, 4) is 0 Å². The van der Waals surface area contributed by atoms with Crippen LogP contribution in [0.2, 0.25) is 0 Å². The smallest absolute Gasteiger partial charge is 0.325 e. The Bertz CT molecular complexity index is 751. The molecule has 30 heavy (non-hydrogen) atoms. The van der Waals surface area contributed by atoms with E-state index in [2.05, 4.69) is 24.1 Å². The zero-order valence-electron chi connectivity index (χ0n) is 18.3. The predicted octanol–water partition coefficient (Wildman–Crippen LogP) is 3.06. The van der Waals surface area contributed by atoms with E-state index in [-0.39, 0.29) is 30.2 Å². The summed E-state index contributed by atoms with van der Waals surface area (Å²) < 4.78 is 18.9. The van der Waals surface area contributed by atoms with E-state index in [9.17, 15) is 14.0 Å². The SMILES string of the molecule is CC[C@@H](C)CN1CCC([C@]2(Cc3cccc(F)c3)NC(=O)N(CCOC)C2=O)CC1. The van der Waals surface area contributed by atoms with Gasteiger partial charge in [-0.1, -0.05) is 32.4 Å². The van der Waals surface area contributed by atoms with Gasteiger partial charge in [-0.2, -0.15) is 0 Å². The highest BCUT2D eigenvalue weighted by atomic mass is 19.1. The molecule has 2 aliphatic heterocycles. The van der Waals surface area contributed by atoms with Crippen molar-refractivity contribution >= 4 is 11.9 Å². The largest absolute Gasteiger partial charge is 0.383 e. The summed E-state index contributed by atoms with van der Waals surface area (Å²) in [5, 5.41) is 3.02. The molecule has 0 spiro atoms. The summed E-state index contributed by atoms with van der Waals surface area (Å²) in [7, 11) is 1.55. The third-order valence-electron chi connectivity index (χ3n) is 6.64. The number of carbonyl (C=O) groups is 2. The number of hydrogen-bond donors (Lipinski definition) is 1. The molecule has 0 saturated carbocycles. The van der Waals surface area contributed by atoms with Gasteiger partial charge in [0.15, 0.2) is 0 Å². The van der Waals surface area contributed by atoms with Crippen molar-refractivity contribution in [1.82, 2.24) is 15.1 Å². The van der Waals surface area contributed by atoms with Gasteiger partial charge < -0.3 is 15.0 Å². The molecule has 3 rings (SSSR count). The lowest BCUT2D eigenvalue weighted by atomic mass is 9.73. The second-order valence-corrected chi connectivity index (χ2v) is 8.75. The first-order chi connectivity index (χ1) is 14.4. The lowest BCUT2D eigenvalue weighted by Gasteiger charge is -2.41. The van der Waals surface area contributed by atoms with Gasteiger partial charge in [-0.3, -0.25) is 9.69 Å². The van der Waals surface area contributed by atoms with Crippen molar-refractivity contribution in [2.45, 2.75) is 45.1 Å². The van der Waals surface area contributed by atoms with Crippen LogP contribution in [0.4, 0.5) is 9.18 Å². The van der Waals surface area contributed by atoms with Gasteiger partial charge in [0.25, 0.3) is 5.91 Å². The lowest BCUT2D eigenvalue weighted by Crippen LogP contribution is -2.57. The van der Waals surface area contributed by atoms with Crippen LogP contribution in [0, 0.1) is 17.7 Å². The Balaban J connectivity index is 1.82. The van der Waals surface area contributed by atoms with Crippen molar-refractivity contribution < 1.29 is 18.7 Å². The standard InChI is InChI=1S/C23H34FN3O3/c1-4-17(2)16-26-10-8-19(9-11-26)23(15-18-6-5-7-20(24)14-18)21(28)27(12-13-30-3)22(29)25-23/h5-7,14,17,19H,4,8-13,15-16H2,1-3H3,(H,25,29)/t17-,23+/m1/s1. The summed E-state index contributed by atoms with van der Waals surface area (Å²) >= 11 is 0. The molecule has 3 amide bonds. The van der Waals surface area contributed by atoms with Crippen molar-refractivity contribution in [2.75, 3.05) is 39.9 Å². The summed E-state index contributed by atoms with van der Waals surface area (Å²) in [6, 6.07) is 5.94. The third-order valence-corrected chi connectivity index (χ3v) is 6.64. The van der Waals surface area contributed by atoms with E-state index < -0.39 is 5.54 Å². The van der Waals surface area contributed by atoms with Gasteiger partial charge in [0, 0.05) is 20.1 Å². The molecule has 2 fully saturated rings. The van der Waals surface area contributed by atoms with Crippen LogP contribution in [0.15, 0.2) is 24.3 Å². The average Bonchev–Trinajstić information content (AvgIpc) is 2.97. The number of imide groups is 1. The topological polar surface area (TPSA) is 61.9 Å². The molecule has 1 aromatic rings. The second-order valence-electron chi connectivity index (χ2n) is 8.75. The van der Waals surface area contributed by atoms with Crippen molar-refractivity contribution in [3.05, 3.63) is 35.6 Å². The molecular formula is C23H34FN3O3. The molecule has 0 aromatic heterocycles. The van der Waals surface area contributed by atoms with Gasteiger partial charge in [-0.05, 0) is 55.5 Å². The molecule has 2 atom stereocenters. The van der Waals surface area contributed by atoms with E-state index >= 15 is 0 Å². The zero-order chi connectivity index (χ0) is 21.7. The Kier molecular flexibility index (Phi) is 7.47. The molecule has 2 heterocycles. The predicted molar refractivity (Wildman–Crippen MR) is 114 cm³/mol. The number of ether oxygens (including phenoxy) is 1. The summed E-state index contributed by atoms with van der Waals surface area (Å²) in [5.74, 6) is 0.103. The summed E-state index contributed by atoms with van der Waals surface area (Å²) in [4.78, 5) is 29.9. The number of nitrogens with one attached hydrogen (secondary N) is 1. The number of piperidine rings is 1. The van der Waals surface area contributed by atoms with E-state index in [4.69, 9.17) is 4.74 Å². The monoisotopic (exact) mass is 419 g/mol. The number of hydrogen-bond acceptors (Lipinski definition) is 4. The van der Waals surface area contributed by atoms with Gasteiger partial charge in [0.2, 0.25) is 0 Å². The Hall–Kier alpha value is -1.99. The molecule has 2 saturated heterocycles. The number of carbonyl (C=O) groups excluding carboxylic acids is 2. The summed E-state index contributed by atoms with van der Waals surface area (Å²) in [6.07, 6.45) is 3.10. The van der Waals surface area contributed by atoms with Gasteiger partial charge >= 0.3 is 6.03 Å². The van der Waals surface area contributed by atoms with E-state index in [1.54, 1.807) is 13.2 Å². The van der Waals surface area contributed by atoms with Crippen molar-refractivity contribution in [2.24, 2.45) is 11.8 Å². The molecule has 0 bridgehead atoms. The Morgan fingerprint density at radius 2 is 2.03 bits per heavy atom. The van der Waals surface area contributed by atoms with Gasteiger partial charge in [-0.25, -0.2) is 9.18 Å². The highest BCUT2D eigenvalue weighted by molar-refractivity contribution is 6.07. The first-order valence-electron chi connectivity index (χ1n) is 11.0. The maximum absolute atomic E-state index is 13.8. The fourth-order valence-electron chi connectivity index (χ4n) is 4.72. The molecule has 7 heteroatoms. The van der Waals surface area contributed by atoms with Crippen LogP contribution < -0.4 is 5.32 Å². The Morgan fingerprint density at radius 3 is 2.67 bits per heavy atom. The van der Waals surface area contributed by atoms with Crippen molar-refractivity contribution in [3.63, 3.8) is 0 Å². The third kappa shape index (κ3) is 4.83. The van der Waals surface area contributed by atoms with Gasteiger partial charge in [0.1, 0.15) is 11.4 Å². The van der Waals surface area contributed by atoms with E-state index in [1.807, 2.05) is 6.07 Å². The molecule has 166 valence electrons. The zero-order valence-corrected chi connectivity index (χ0v) is 18.3. The molecular weight excluding hydrogens is 385 g/mol. The lowest BCUT2D eigenvalue weighted by molar-refractivity contribution is -0.134. The normalized spacial score (nSPS) is 24.3. The molecule has 0 unspecified atom stereocenters. The Labute approximate surface area is 178 Å². The maximum Gasteiger partial charge on any atom is 0.325 e. The highest BCUT2D eigenvalue weighted by Gasteiger charge is 2.55. The number of likely N-dealkylation sites (tertiary alicyclic amines) is 1. The summed E-state index contributed by atoms with van der Waals surface area (Å²) in [5.41, 5.74) is -0.305. The number of rotatable bonds is 9.